The van der Waals surface area contributed by atoms with Gasteiger partial charge in [-0.2, -0.15) is 0 Å². The molecule has 0 aliphatic heterocycles. The number of hydrogen-bond acceptors (Lipinski definition) is 4. The van der Waals surface area contributed by atoms with Gasteiger partial charge >= 0.3 is 0 Å². The second kappa shape index (κ2) is 8.82. The van der Waals surface area contributed by atoms with Crippen LogP contribution >= 0.6 is 10.3 Å². The van der Waals surface area contributed by atoms with E-state index < -0.39 is 10.3 Å². The van der Waals surface area contributed by atoms with Crippen molar-refractivity contribution in [2.24, 2.45) is 5.11 Å². The van der Waals surface area contributed by atoms with Crippen LogP contribution in [0.25, 0.3) is 10.4 Å². The van der Waals surface area contributed by atoms with Crippen LogP contribution in [0.4, 0.5) is 0 Å². The van der Waals surface area contributed by atoms with Crippen LogP contribution in [0.2, 0.25) is 0 Å². The molecule has 0 atom stereocenters. The summed E-state index contributed by atoms with van der Waals surface area (Å²) in [6.07, 6.45) is 3.65. The number of ether oxygens (including phenoxy) is 2. The monoisotopic (exact) mass is 237 g/mol. The average Bonchev–Trinajstić information content (AvgIpc) is 2.14. The summed E-state index contributed by atoms with van der Waals surface area (Å²) in [6.45, 7) is 2.32. The summed E-state index contributed by atoms with van der Waals surface area (Å²) < 4.78 is 19.8. The molecule has 6 nitrogen and oxygen atoms in total. The maximum absolute atomic E-state index is 9.44. The largest absolute Gasteiger partial charge is 0.379 e. The van der Waals surface area contributed by atoms with Gasteiger partial charge in [0.2, 0.25) is 0 Å². The van der Waals surface area contributed by atoms with Gasteiger partial charge in [0.1, 0.15) is 0 Å². The minimum absolute atomic E-state index is 0.352. The molecule has 0 aromatic carbocycles. The van der Waals surface area contributed by atoms with E-state index in [4.69, 9.17) is 15.0 Å². The van der Waals surface area contributed by atoms with Crippen molar-refractivity contribution in [1.29, 1.82) is 0 Å². The second-order valence-electron chi connectivity index (χ2n) is 3.36. The topological polar surface area (TPSA) is 87.5 Å². The molecule has 0 rings (SSSR count). The third kappa shape index (κ3) is 13.5. The molecule has 15 heavy (non-hydrogen) atoms. The van der Waals surface area contributed by atoms with Crippen LogP contribution in [-0.2, 0) is 9.47 Å². The molecule has 0 radical (unpaired) electrons. The molecule has 7 heteroatoms. The van der Waals surface area contributed by atoms with Crippen molar-refractivity contribution >= 4 is 10.3 Å². The third-order valence-corrected chi connectivity index (χ3v) is 2.66. The van der Waals surface area contributed by atoms with Gasteiger partial charge in [0, 0.05) is 17.2 Å². The Kier molecular flexibility index (Phi) is 8.55. The lowest BCUT2D eigenvalue weighted by molar-refractivity contribution is 0.0567. The van der Waals surface area contributed by atoms with Crippen molar-refractivity contribution in [1.82, 2.24) is 0 Å². The molecule has 0 bridgehead atoms. The molecule has 0 saturated heterocycles. The number of nitrogens with zero attached hydrogens (tertiary/aromatic N) is 3. The first kappa shape index (κ1) is 14.5. The predicted octanol–water partition coefficient (Wildman–Crippen LogP) is 1.87. The summed E-state index contributed by atoms with van der Waals surface area (Å²) >= 11 is 0. The van der Waals surface area contributed by atoms with Gasteiger partial charge in [-0.1, -0.05) is 5.11 Å². The first-order valence-electron chi connectivity index (χ1n) is 4.66. The van der Waals surface area contributed by atoms with Gasteiger partial charge in [-0.25, -0.2) is 0 Å². The molecule has 0 aromatic rings. The highest BCUT2D eigenvalue weighted by atomic mass is 32.3. The SMILES string of the molecule is CS(C)(O)CCOCCOCCN=[N+]=[N-]. The first-order chi connectivity index (χ1) is 7.06. The molecule has 0 amide bonds. The molecular formula is C8H19N3O3S. The Morgan fingerprint density at radius 2 is 1.80 bits per heavy atom. The lowest BCUT2D eigenvalue weighted by atomic mass is 10.7. The zero-order chi connectivity index (χ0) is 11.6. The van der Waals surface area contributed by atoms with Crippen LogP contribution in [-0.4, -0.2) is 55.8 Å². The highest BCUT2D eigenvalue weighted by Gasteiger charge is 2.04. The lowest BCUT2D eigenvalue weighted by Gasteiger charge is -2.22. The van der Waals surface area contributed by atoms with E-state index in [0.29, 0.717) is 38.7 Å². The highest BCUT2D eigenvalue weighted by molar-refractivity contribution is 8.28. The molecule has 0 aliphatic rings. The van der Waals surface area contributed by atoms with Gasteiger partial charge in [0.05, 0.1) is 26.4 Å². The van der Waals surface area contributed by atoms with Crippen molar-refractivity contribution in [3.05, 3.63) is 10.4 Å². The van der Waals surface area contributed by atoms with Crippen molar-refractivity contribution in [2.45, 2.75) is 0 Å². The Labute approximate surface area is 91.7 Å². The predicted molar refractivity (Wildman–Crippen MR) is 62.6 cm³/mol. The minimum atomic E-state index is -1.45. The number of azide groups is 1. The van der Waals surface area contributed by atoms with Crippen LogP contribution < -0.4 is 0 Å². The number of hydrogen-bond donors (Lipinski definition) is 1. The zero-order valence-electron chi connectivity index (χ0n) is 9.26. The van der Waals surface area contributed by atoms with Crippen LogP contribution in [0.5, 0.6) is 0 Å². The molecule has 1 N–H and O–H groups in total. The summed E-state index contributed by atoms with van der Waals surface area (Å²) in [5, 5.41) is 3.32. The van der Waals surface area contributed by atoms with Crippen molar-refractivity contribution in [3.63, 3.8) is 0 Å². The summed E-state index contributed by atoms with van der Waals surface area (Å²) in [6, 6.07) is 0. The fraction of sp³-hybridized carbons (Fsp3) is 1.00. The zero-order valence-corrected chi connectivity index (χ0v) is 10.1. The smallest absolute Gasteiger partial charge is 0.0700 e. The molecule has 90 valence electrons. The Morgan fingerprint density at radius 1 is 1.20 bits per heavy atom. The van der Waals surface area contributed by atoms with Crippen molar-refractivity contribution in [3.8, 4) is 0 Å². The summed E-state index contributed by atoms with van der Waals surface area (Å²) in [7, 11) is -1.45. The molecule has 0 spiro atoms. The van der Waals surface area contributed by atoms with Gasteiger partial charge in [0.15, 0.2) is 0 Å². The molecule has 0 unspecified atom stereocenters. The molecular weight excluding hydrogens is 218 g/mol. The van der Waals surface area contributed by atoms with Gasteiger partial charge in [-0.05, 0) is 18.0 Å². The van der Waals surface area contributed by atoms with E-state index in [-0.39, 0.29) is 0 Å². The van der Waals surface area contributed by atoms with E-state index in [1.165, 1.54) is 0 Å². The quantitative estimate of drug-likeness (QED) is 0.287. The fourth-order valence-corrected chi connectivity index (χ4v) is 1.26. The van der Waals surface area contributed by atoms with E-state index in [9.17, 15) is 4.55 Å². The maximum Gasteiger partial charge on any atom is 0.0700 e. The van der Waals surface area contributed by atoms with E-state index in [1.807, 2.05) is 12.5 Å². The van der Waals surface area contributed by atoms with E-state index in [1.54, 1.807) is 0 Å². The standard InChI is InChI=1S/C8H19N3O3S/c1-15(2,12)8-7-14-6-5-13-4-3-10-11-9/h12H,3-8H2,1-2H3. The van der Waals surface area contributed by atoms with Gasteiger partial charge in [-0.3, -0.25) is 0 Å². The first-order valence-corrected chi connectivity index (χ1v) is 7.23. The summed E-state index contributed by atoms with van der Waals surface area (Å²) in [5.41, 5.74) is 7.97. The minimum Gasteiger partial charge on any atom is -0.379 e. The molecule has 0 saturated carbocycles. The van der Waals surface area contributed by atoms with Crippen LogP contribution in [0.15, 0.2) is 5.11 Å². The van der Waals surface area contributed by atoms with E-state index in [2.05, 4.69) is 10.0 Å². The second-order valence-corrected chi connectivity index (χ2v) is 6.73. The normalized spacial score (nSPS) is 12.2. The van der Waals surface area contributed by atoms with Crippen LogP contribution in [0.1, 0.15) is 0 Å². The third-order valence-electron chi connectivity index (χ3n) is 1.50. The van der Waals surface area contributed by atoms with Gasteiger partial charge in [0.25, 0.3) is 0 Å². The Hall–Kier alpha value is -0.460. The van der Waals surface area contributed by atoms with Gasteiger partial charge in [-0.15, -0.1) is 10.3 Å². The van der Waals surface area contributed by atoms with E-state index in [0.717, 1.165) is 0 Å². The average molecular weight is 237 g/mol. The van der Waals surface area contributed by atoms with Crippen molar-refractivity contribution < 1.29 is 14.0 Å². The molecule has 0 heterocycles. The van der Waals surface area contributed by atoms with E-state index >= 15 is 0 Å². The maximum atomic E-state index is 9.44. The summed E-state index contributed by atoms with van der Waals surface area (Å²) in [5.74, 6) is 0.686. The van der Waals surface area contributed by atoms with Crippen molar-refractivity contribution in [2.75, 3.05) is 51.2 Å². The summed E-state index contributed by atoms with van der Waals surface area (Å²) in [4.78, 5) is 2.60. The van der Waals surface area contributed by atoms with Gasteiger partial charge < -0.3 is 14.0 Å². The molecule has 0 fully saturated rings. The number of rotatable bonds is 9. The molecule has 0 aromatic heterocycles. The lowest BCUT2D eigenvalue weighted by Crippen LogP contribution is -2.11. The molecule has 0 aliphatic carbocycles. The highest BCUT2D eigenvalue weighted by Crippen LogP contribution is 2.32. The Balaban J connectivity index is 3.08. The Morgan fingerprint density at radius 3 is 2.33 bits per heavy atom. The van der Waals surface area contributed by atoms with Crippen LogP contribution in [0.3, 0.4) is 0 Å². The van der Waals surface area contributed by atoms with Crippen LogP contribution in [0, 0.1) is 0 Å². The Bertz CT molecular complexity index is 202. The fourth-order valence-electron chi connectivity index (χ4n) is 0.735.